The molecule has 0 aliphatic heterocycles. The number of fused-ring (bicyclic) bond motifs is 1. The predicted octanol–water partition coefficient (Wildman–Crippen LogP) is 3.14. The molecule has 0 saturated heterocycles. The van der Waals surface area contributed by atoms with Crippen LogP contribution in [0.3, 0.4) is 0 Å². The smallest absolute Gasteiger partial charge is 0.260 e. The van der Waals surface area contributed by atoms with E-state index in [9.17, 15) is 9.90 Å². The van der Waals surface area contributed by atoms with Crippen molar-refractivity contribution < 1.29 is 14.6 Å². The van der Waals surface area contributed by atoms with Gasteiger partial charge in [-0.25, -0.2) is 9.97 Å². The molecular formula is C19H22N4O3. The van der Waals surface area contributed by atoms with Crippen LogP contribution in [0.25, 0.3) is 11.0 Å². The van der Waals surface area contributed by atoms with Crippen molar-refractivity contribution in [2.45, 2.75) is 32.3 Å². The fourth-order valence-electron chi connectivity index (χ4n) is 2.54. The molecule has 7 heteroatoms. The maximum absolute atomic E-state index is 12.5. The van der Waals surface area contributed by atoms with Gasteiger partial charge >= 0.3 is 0 Å². The van der Waals surface area contributed by atoms with Crippen molar-refractivity contribution in [3.05, 3.63) is 48.3 Å². The molecule has 0 bridgehead atoms. The second kappa shape index (κ2) is 7.53. The summed E-state index contributed by atoms with van der Waals surface area (Å²) in [4.78, 5) is 24.1. The van der Waals surface area contributed by atoms with E-state index in [1.165, 1.54) is 0 Å². The van der Waals surface area contributed by atoms with Crippen LogP contribution in [0, 0.1) is 0 Å². The van der Waals surface area contributed by atoms with Gasteiger partial charge in [-0.05, 0) is 44.9 Å². The zero-order chi connectivity index (χ0) is 18.6. The van der Waals surface area contributed by atoms with Gasteiger partial charge < -0.3 is 20.1 Å². The van der Waals surface area contributed by atoms with Crippen LogP contribution in [0.5, 0.6) is 5.88 Å². The van der Waals surface area contributed by atoms with Gasteiger partial charge in [0.2, 0.25) is 5.88 Å². The van der Waals surface area contributed by atoms with Gasteiger partial charge in [-0.15, -0.1) is 0 Å². The molecule has 26 heavy (non-hydrogen) atoms. The average molecular weight is 354 g/mol. The number of carbonyl (C=O) groups is 1. The average Bonchev–Trinajstić information content (AvgIpc) is 3.02. The fraction of sp³-hybridized carbons (Fsp3) is 0.316. The number of nitrogens with zero attached hydrogens (tertiary/aromatic N) is 2. The van der Waals surface area contributed by atoms with E-state index in [4.69, 9.17) is 4.74 Å². The first-order chi connectivity index (χ1) is 12.4. The topological polar surface area (TPSA) is 100 Å². The maximum Gasteiger partial charge on any atom is 0.260 e. The minimum atomic E-state index is -0.710. The molecule has 7 nitrogen and oxygen atoms in total. The normalized spacial score (nSPS) is 11.5. The number of aromatic nitrogens is 3. The third-order valence-electron chi connectivity index (χ3n) is 3.83. The first kappa shape index (κ1) is 17.9. The van der Waals surface area contributed by atoms with E-state index in [-0.39, 0.29) is 5.91 Å². The van der Waals surface area contributed by atoms with Crippen LogP contribution < -0.4 is 10.1 Å². The summed E-state index contributed by atoms with van der Waals surface area (Å²) in [5, 5.41) is 12.5. The summed E-state index contributed by atoms with van der Waals surface area (Å²) in [7, 11) is 0. The van der Waals surface area contributed by atoms with Gasteiger partial charge in [-0.2, -0.15) is 0 Å². The van der Waals surface area contributed by atoms with Crippen molar-refractivity contribution in [2.75, 3.05) is 11.9 Å². The molecule has 0 spiro atoms. The molecule has 0 saturated carbocycles. The number of ether oxygens (including phenoxy) is 1. The highest BCUT2D eigenvalue weighted by atomic mass is 16.5. The molecule has 0 aromatic carbocycles. The third-order valence-corrected chi connectivity index (χ3v) is 3.83. The van der Waals surface area contributed by atoms with E-state index >= 15 is 0 Å². The van der Waals surface area contributed by atoms with Crippen molar-refractivity contribution >= 4 is 22.8 Å². The minimum Gasteiger partial charge on any atom is -0.478 e. The standard InChI is InChI=1S/C19H22N4O3/c1-19(2,25)9-5-11-26-16-8-7-14-17(23-16)13(12-21-14)18(24)22-15-6-3-4-10-20-15/h3-4,6-8,10,12,21,25H,5,9,11H2,1-2H3,(H,20,22,24). The summed E-state index contributed by atoms with van der Waals surface area (Å²) in [5.41, 5.74) is 1.00. The predicted molar refractivity (Wildman–Crippen MR) is 99.3 cm³/mol. The lowest BCUT2D eigenvalue weighted by Gasteiger charge is -2.16. The Morgan fingerprint density at radius 3 is 2.88 bits per heavy atom. The molecule has 0 aliphatic rings. The highest BCUT2D eigenvalue weighted by Crippen LogP contribution is 2.21. The number of hydrogen-bond acceptors (Lipinski definition) is 5. The van der Waals surface area contributed by atoms with E-state index in [0.717, 1.165) is 5.52 Å². The molecule has 3 rings (SSSR count). The van der Waals surface area contributed by atoms with Gasteiger partial charge in [0.15, 0.2) is 0 Å². The summed E-state index contributed by atoms with van der Waals surface area (Å²) in [6.07, 6.45) is 4.58. The first-order valence-electron chi connectivity index (χ1n) is 8.48. The number of rotatable bonds is 7. The van der Waals surface area contributed by atoms with Crippen LogP contribution >= 0.6 is 0 Å². The lowest BCUT2D eigenvalue weighted by molar-refractivity contribution is 0.0639. The Bertz CT molecular complexity index is 885. The quantitative estimate of drug-likeness (QED) is 0.566. The van der Waals surface area contributed by atoms with Crippen LogP contribution in [0.2, 0.25) is 0 Å². The Balaban J connectivity index is 1.70. The second-order valence-electron chi connectivity index (χ2n) is 6.68. The minimum absolute atomic E-state index is 0.290. The van der Waals surface area contributed by atoms with Gasteiger partial charge in [-0.3, -0.25) is 4.79 Å². The number of nitrogens with one attached hydrogen (secondary N) is 2. The first-order valence-corrected chi connectivity index (χ1v) is 8.48. The number of H-pyrrole nitrogens is 1. The molecule has 3 aromatic heterocycles. The Labute approximate surface area is 151 Å². The van der Waals surface area contributed by atoms with Gasteiger partial charge in [0.05, 0.1) is 23.3 Å². The van der Waals surface area contributed by atoms with Gasteiger partial charge in [0.25, 0.3) is 5.91 Å². The zero-order valence-corrected chi connectivity index (χ0v) is 14.8. The van der Waals surface area contributed by atoms with Crippen LogP contribution in [-0.2, 0) is 0 Å². The van der Waals surface area contributed by atoms with Crippen molar-refractivity contribution in [3.8, 4) is 5.88 Å². The van der Waals surface area contributed by atoms with E-state index in [1.54, 1.807) is 50.5 Å². The molecule has 0 atom stereocenters. The molecule has 3 heterocycles. The second-order valence-corrected chi connectivity index (χ2v) is 6.68. The van der Waals surface area contributed by atoms with Crippen LogP contribution in [0.15, 0.2) is 42.7 Å². The molecule has 136 valence electrons. The van der Waals surface area contributed by atoms with Crippen LogP contribution in [0.1, 0.15) is 37.0 Å². The van der Waals surface area contributed by atoms with E-state index in [0.29, 0.717) is 42.2 Å². The van der Waals surface area contributed by atoms with Gasteiger partial charge in [0, 0.05) is 18.5 Å². The number of aliphatic hydroxyl groups is 1. The molecule has 1 amide bonds. The van der Waals surface area contributed by atoms with Crippen LogP contribution in [0.4, 0.5) is 5.82 Å². The van der Waals surface area contributed by atoms with Gasteiger partial charge in [-0.1, -0.05) is 6.07 Å². The van der Waals surface area contributed by atoms with E-state index in [2.05, 4.69) is 20.3 Å². The SMILES string of the molecule is CC(C)(O)CCCOc1ccc2[nH]cc(C(=O)Nc3ccccn3)c2n1. The summed E-state index contributed by atoms with van der Waals surface area (Å²) < 4.78 is 5.65. The number of aromatic amines is 1. The highest BCUT2D eigenvalue weighted by Gasteiger charge is 2.15. The molecule has 3 N–H and O–H groups in total. The number of amides is 1. The number of pyridine rings is 2. The molecule has 0 aliphatic carbocycles. The molecule has 0 unspecified atom stereocenters. The molecule has 0 radical (unpaired) electrons. The van der Waals surface area contributed by atoms with Crippen molar-refractivity contribution in [1.82, 2.24) is 15.0 Å². The highest BCUT2D eigenvalue weighted by molar-refractivity contribution is 6.11. The van der Waals surface area contributed by atoms with Gasteiger partial charge in [0.1, 0.15) is 11.3 Å². The van der Waals surface area contributed by atoms with Crippen molar-refractivity contribution in [1.29, 1.82) is 0 Å². The molecule has 3 aromatic rings. The fourth-order valence-corrected chi connectivity index (χ4v) is 2.54. The monoisotopic (exact) mass is 354 g/mol. The van der Waals surface area contributed by atoms with Crippen molar-refractivity contribution in [3.63, 3.8) is 0 Å². The lowest BCUT2D eigenvalue weighted by Crippen LogP contribution is -2.19. The Kier molecular flexibility index (Phi) is 5.18. The Morgan fingerprint density at radius 1 is 1.31 bits per heavy atom. The maximum atomic E-state index is 12.5. The van der Waals surface area contributed by atoms with E-state index in [1.807, 2.05) is 6.07 Å². The molecular weight excluding hydrogens is 332 g/mol. The Hall–Kier alpha value is -2.93. The summed E-state index contributed by atoms with van der Waals surface area (Å²) in [6, 6.07) is 8.88. The summed E-state index contributed by atoms with van der Waals surface area (Å²) in [5.74, 6) is 0.632. The lowest BCUT2D eigenvalue weighted by atomic mass is 10.0. The zero-order valence-electron chi connectivity index (χ0n) is 14.8. The molecule has 0 fully saturated rings. The number of carbonyl (C=O) groups excluding carboxylic acids is 1. The third kappa shape index (κ3) is 4.58. The summed E-state index contributed by atoms with van der Waals surface area (Å²) >= 11 is 0. The van der Waals surface area contributed by atoms with E-state index < -0.39 is 5.60 Å². The Morgan fingerprint density at radius 2 is 2.15 bits per heavy atom. The van der Waals surface area contributed by atoms with Crippen LogP contribution in [-0.4, -0.2) is 38.2 Å². The number of anilines is 1. The largest absolute Gasteiger partial charge is 0.478 e. The van der Waals surface area contributed by atoms with Crippen molar-refractivity contribution in [2.24, 2.45) is 0 Å². The number of hydrogen-bond donors (Lipinski definition) is 3. The summed E-state index contributed by atoms with van der Waals surface area (Å²) in [6.45, 7) is 3.98.